The third-order valence-corrected chi connectivity index (χ3v) is 4.99. The number of nitrogens with zero attached hydrogens (tertiary/aromatic N) is 4. The topological polar surface area (TPSA) is 85.7 Å². The highest BCUT2D eigenvalue weighted by molar-refractivity contribution is 6.05. The first kappa shape index (κ1) is 15.6. The van der Waals surface area contributed by atoms with Crippen molar-refractivity contribution in [1.29, 1.82) is 5.26 Å². The number of amides is 1. The molecular formula is C19H19N5O. The summed E-state index contributed by atoms with van der Waals surface area (Å²) in [6.07, 6.45) is 8.19. The summed E-state index contributed by atoms with van der Waals surface area (Å²) in [5.41, 5.74) is 2.99. The van der Waals surface area contributed by atoms with Crippen molar-refractivity contribution >= 4 is 27.8 Å². The van der Waals surface area contributed by atoms with E-state index in [1.54, 1.807) is 6.20 Å². The Balaban J connectivity index is 1.70. The molecule has 4 heterocycles. The molecule has 6 nitrogen and oxygen atoms in total. The largest absolute Gasteiger partial charge is 0.360 e. The minimum Gasteiger partial charge on any atom is -0.360 e. The number of piperidine rings is 1. The number of fused-ring (bicyclic) bond motifs is 3. The molecule has 25 heavy (non-hydrogen) atoms. The molecular weight excluding hydrogens is 314 g/mol. The van der Waals surface area contributed by atoms with Crippen LogP contribution in [0.15, 0.2) is 30.7 Å². The number of hydrogen-bond acceptors (Lipinski definition) is 4. The lowest BCUT2D eigenvalue weighted by Gasteiger charge is -2.33. The van der Waals surface area contributed by atoms with Gasteiger partial charge < -0.3 is 9.88 Å². The Morgan fingerprint density at radius 2 is 2.32 bits per heavy atom. The van der Waals surface area contributed by atoms with Gasteiger partial charge in [0.1, 0.15) is 0 Å². The number of H-pyrrole nitrogens is 1. The molecule has 0 spiro atoms. The van der Waals surface area contributed by atoms with Gasteiger partial charge in [-0.1, -0.05) is 0 Å². The molecule has 3 aromatic heterocycles. The standard InChI is InChI=1S/C19H19N5O/c20-7-1-4-17(25)24-10-2-3-13(12-24)14-5-8-21-16-11-23-19-15(18(14)16)6-9-22-19/h5-6,8-9,11,13,21H,1-4,10,12H2. The second-order valence-electron chi connectivity index (χ2n) is 6.50. The minimum absolute atomic E-state index is 0.0832. The summed E-state index contributed by atoms with van der Waals surface area (Å²) in [5.74, 6) is 0.372. The number of rotatable bonds is 3. The Morgan fingerprint density at radius 3 is 3.20 bits per heavy atom. The van der Waals surface area contributed by atoms with Gasteiger partial charge in [-0.3, -0.25) is 4.79 Å². The molecule has 0 radical (unpaired) electrons. The lowest BCUT2D eigenvalue weighted by Crippen LogP contribution is -2.39. The third kappa shape index (κ3) is 2.82. The fraction of sp³-hybridized carbons (Fsp3) is 0.368. The molecule has 1 amide bonds. The van der Waals surface area contributed by atoms with Crippen LogP contribution in [0.1, 0.15) is 37.2 Å². The van der Waals surface area contributed by atoms with Gasteiger partial charge in [0.15, 0.2) is 5.65 Å². The van der Waals surface area contributed by atoms with E-state index in [4.69, 9.17) is 5.26 Å². The Hall–Kier alpha value is -2.94. The van der Waals surface area contributed by atoms with E-state index in [9.17, 15) is 4.79 Å². The normalized spacial score (nSPS) is 17.7. The smallest absolute Gasteiger partial charge is 0.223 e. The van der Waals surface area contributed by atoms with Crippen LogP contribution in [0.5, 0.6) is 0 Å². The summed E-state index contributed by atoms with van der Waals surface area (Å²) >= 11 is 0. The molecule has 126 valence electrons. The van der Waals surface area contributed by atoms with Gasteiger partial charge in [-0.05, 0) is 30.5 Å². The van der Waals surface area contributed by atoms with Crippen LogP contribution >= 0.6 is 0 Å². The van der Waals surface area contributed by atoms with Crippen LogP contribution in [0.3, 0.4) is 0 Å². The van der Waals surface area contributed by atoms with Crippen LogP contribution in [-0.2, 0) is 4.79 Å². The number of likely N-dealkylation sites (tertiary alicyclic amines) is 1. The Labute approximate surface area is 145 Å². The van der Waals surface area contributed by atoms with Crippen molar-refractivity contribution in [2.75, 3.05) is 13.1 Å². The monoisotopic (exact) mass is 333 g/mol. The molecule has 1 fully saturated rings. The zero-order chi connectivity index (χ0) is 17.2. The Bertz CT molecular complexity index is 971. The van der Waals surface area contributed by atoms with E-state index in [1.807, 2.05) is 23.4 Å². The van der Waals surface area contributed by atoms with Gasteiger partial charge in [0.25, 0.3) is 0 Å². The maximum atomic E-state index is 12.3. The number of nitrogens with one attached hydrogen (secondary N) is 1. The van der Waals surface area contributed by atoms with E-state index in [0.29, 0.717) is 13.0 Å². The lowest BCUT2D eigenvalue weighted by molar-refractivity contribution is -0.132. The van der Waals surface area contributed by atoms with Crippen LogP contribution in [0.2, 0.25) is 0 Å². The molecule has 1 aliphatic rings. The second kappa shape index (κ2) is 6.52. The SMILES string of the molecule is N#CCCC(=O)N1CCCC(c2cc[nH]c3cnc4nccc4c23)C1. The second-order valence-corrected chi connectivity index (χ2v) is 6.50. The summed E-state index contributed by atoms with van der Waals surface area (Å²) in [6, 6.07) is 6.17. The van der Waals surface area contributed by atoms with Gasteiger partial charge in [-0.25, -0.2) is 9.97 Å². The highest BCUT2D eigenvalue weighted by atomic mass is 16.2. The van der Waals surface area contributed by atoms with Crippen LogP contribution in [0.25, 0.3) is 21.9 Å². The van der Waals surface area contributed by atoms with Gasteiger partial charge in [0, 0.05) is 55.0 Å². The molecule has 0 saturated carbocycles. The number of nitriles is 1. The average Bonchev–Trinajstić information content (AvgIpc) is 3.14. The molecule has 1 aliphatic heterocycles. The summed E-state index contributed by atoms with van der Waals surface area (Å²) < 4.78 is 0. The predicted molar refractivity (Wildman–Crippen MR) is 94.8 cm³/mol. The zero-order valence-corrected chi connectivity index (χ0v) is 13.9. The molecule has 3 aromatic rings. The van der Waals surface area contributed by atoms with Gasteiger partial charge in [-0.15, -0.1) is 0 Å². The van der Waals surface area contributed by atoms with E-state index in [-0.39, 0.29) is 18.2 Å². The first-order valence-electron chi connectivity index (χ1n) is 8.63. The van der Waals surface area contributed by atoms with Gasteiger partial charge in [0.2, 0.25) is 5.91 Å². The highest BCUT2D eigenvalue weighted by Crippen LogP contribution is 2.34. The van der Waals surface area contributed by atoms with Crippen molar-refractivity contribution in [3.63, 3.8) is 0 Å². The van der Waals surface area contributed by atoms with E-state index in [2.05, 4.69) is 27.1 Å². The number of carbonyl (C=O) groups excluding carboxylic acids is 1. The maximum absolute atomic E-state index is 12.3. The number of carbonyl (C=O) groups is 1. The molecule has 0 bridgehead atoms. The number of aromatic nitrogens is 3. The molecule has 1 unspecified atom stereocenters. The van der Waals surface area contributed by atoms with E-state index in [1.165, 1.54) is 5.56 Å². The number of aromatic amines is 1. The molecule has 6 heteroatoms. The van der Waals surface area contributed by atoms with Crippen molar-refractivity contribution in [2.45, 2.75) is 31.6 Å². The number of hydrogen-bond donors (Lipinski definition) is 1. The molecule has 4 rings (SSSR count). The van der Waals surface area contributed by atoms with Crippen molar-refractivity contribution in [1.82, 2.24) is 19.9 Å². The molecule has 1 N–H and O–H groups in total. The van der Waals surface area contributed by atoms with Gasteiger partial charge in [-0.2, -0.15) is 5.26 Å². The molecule has 1 atom stereocenters. The minimum atomic E-state index is 0.0832. The fourth-order valence-electron chi connectivity index (χ4n) is 3.80. The highest BCUT2D eigenvalue weighted by Gasteiger charge is 2.26. The van der Waals surface area contributed by atoms with E-state index < -0.39 is 0 Å². The summed E-state index contributed by atoms with van der Waals surface area (Å²) in [7, 11) is 0. The van der Waals surface area contributed by atoms with E-state index >= 15 is 0 Å². The lowest BCUT2D eigenvalue weighted by atomic mass is 9.88. The third-order valence-electron chi connectivity index (χ3n) is 4.99. The van der Waals surface area contributed by atoms with Crippen LogP contribution in [0.4, 0.5) is 0 Å². The number of pyridine rings is 2. The van der Waals surface area contributed by atoms with Crippen LogP contribution in [0, 0.1) is 11.3 Å². The Morgan fingerprint density at radius 1 is 1.40 bits per heavy atom. The van der Waals surface area contributed by atoms with Crippen molar-refractivity contribution in [3.05, 3.63) is 36.3 Å². The van der Waals surface area contributed by atoms with Crippen molar-refractivity contribution in [3.8, 4) is 6.07 Å². The summed E-state index contributed by atoms with van der Waals surface area (Å²) in [4.78, 5) is 26.2. The maximum Gasteiger partial charge on any atom is 0.223 e. The quantitative estimate of drug-likeness (QED) is 0.798. The predicted octanol–water partition coefficient (Wildman–Crippen LogP) is 3.12. The fourth-order valence-corrected chi connectivity index (χ4v) is 3.80. The Kier molecular flexibility index (Phi) is 4.06. The van der Waals surface area contributed by atoms with Crippen molar-refractivity contribution < 1.29 is 4.79 Å². The van der Waals surface area contributed by atoms with Gasteiger partial charge in [0.05, 0.1) is 17.8 Å². The first-order chi connectivity index (χ1) is 12.3. The molecule has 0 aromatic carbocycles. The van der Waals surface area contributed by atoms with Crippen molar-refractivity contribution in [2.24, 2.45) is 0 Å². The van der Waals surface area contributed by atoms with Crippen LogP contribution in [-0.4, -0.2) is 38.8 Å². The molecule has 0 aliphatic carbocycles. The van der Waals surface area contributed by atoms with Gasteiger partial charge >= 0.3 is 0 Å². The summed E-state index contributed by atoms with van der Waals surface area (Å²) in [6.45, 7) is 1.49. The summed E-state index contributed by atoms with van der Waals surface area (Å²) in [5, 5.41) is 10.9. The van der Waals surface area contributed by atoms with Crippen LogP contribution < -0.4 is 0 Å². The van der Waals surface area contributed by atoms with E-state index in [0.717, 1.165) is 41.3 Å². The zero-order valence-electron chi connectivity index (χ0n) is 13.9. The first-order valence-corrected chi connectivity index (χ1v) is 8.63. The average molecular weight is 333 g/mol. The molecule has 1 saturated heterocycles.